The Morgan fingerprint density at radius 3 is 2.60 bits per heavy atom. The van der Waals surface area contributed by atoms with Crippen molar-refractivity contribution in [1.82, 2.24) is 9.55 Å². The molecule has 2 aromatic rings. The van der Waals surface area contributed by atoms with Crippen LogP contribution in [0.5, 0.6) is 0 Å². The number of pyridine rings is 1. The smallest absolute Gasteiger partial charge is 0.0696 e. The van der Waals surface area contributed by atoms with Gasteiger partial charge in [-0.1, -0.05) is 0 Å². The monoisotopic (exact) mass is 202 g/mol. The molecule has 0 saturated heterocycles. The number of aromatic nitrogens is 2. The number of rotatable bonds is 4. The highest BCUT2D eigenvalue weighted by atomic mass is 16.3. The van der Waals surface area contributed by atoms with Gasteiger partial charge in [-0.05, 0) is 35.7 Å². The first-order valence-corrected chi connectivity index (χ1v) is 5.03. The molecule has 0 saturated carbocycles. The molecular formula is C12H14N2O. The molecule has 0 amide bonds. The van der Waals surface area contributed by atoms with Gasteiger partial charge in [0.1, 0.15) is 0 Å². The van der Waals surface area contributed by atoms with Gasteiger partial charge >= 0.3 is 0 Å². The molecule has 15 heavy (non-hydrogen) atoms. The van der Waals surface area contributed by atoms with Gasteiger partial charge < -0.3 is 9.67 Å². The van der Waals surface area contributed by atoms with Crippen LogP contribution in [0, 0.1) is 0 Å². The summed E-state index contributed by atoms with van der Waals surface area (Å²) in [5, 5.41) is 8.91. The second kappa shape index (κ2) is 4.75. The highest BCUT2D eigenvalue weighted by molar-refractivity contribution is 5.11. The van der Waals surface area contributed by atoms with E-state index in [0.717, 1.165) is 18.5 Å². The summed E-state index contributed by atoms with van der Waals surface area (Å²) in [5.74, 6) is 0. The molecular weight excluding hydrogens is 188 g/mol. The van der Waals surface area contributed by atoms with Crippen molar-refractivity contribution in [2.24, 2.45) is 0 Å². The Bertz CT molecular complexity index is 409. The Balaban J connectivity index is 1.93. The third kappa shape index (κ3) is 2.67. The number of nitrogens with zero attached hydrogens (tertiary/aromatic N) is 2. The molecule has 0 aliphatic carbocycles. The first-order chi connectivity index (χ1) is 7.38. The lowest BCUT2D eigenvalue weighted by Gasteiger charge is -2.02. The second-order valence-corrected chi connectivity index (χ2v) is 3.52. The minimum absolute atomic E-state index is 0.113. The van der Waals surface area contributed by atoms with Crippen LogP contribution in [0.3, 0.4) is 0 Å². The van der Waals surface area contributed by atoms with Gasteiger partial charge in [-0.3, -0.25) is 4.98 Å². The SMILES string of the molecule is OCc1ccn(CCc2ccncc2)c1. The van der Waals surface area contributed by atoms with E-state index in [4.69, 9.17) is 5.11 Å². The molecule has 2 aromatic heterocycles. The molecule has 0 aromatic carbocycles. The number of aliphatic hydroxyl groups excluding tert-OH is 1. The van der Waals surface area contributed by atoms with Crippen molar-refractivity contribution >= 4 is 0 Å². The zero-order valence-corrected chi connectivity index (χ0v) is 8.50. The lowest BCUT2D eigenvalue weighted by molar-refractivity contribution is 0.281. The summed E-state index contributed by atoms with van der Waals surface area (Å²) in [4.78, 5) is 3.98. The molecule has 0 bridgehead atoms. The van der Waals surface area contributed by atoms with Crippen molar-refractivity contribution in [3.63, 3.8) is 0 Å². The van der Waals surface area contributed by atoms with E-state index in [1.807, 2.05) is 43.0 Å². The number of hydrogen-bond donors (Lipinski definition) is 1. The maximum atomic E-state index is 8.91. The van der Waals surface area contributed by atoms with Crippen molar-refractivity contribution in [3.05, 3.63) is 54.1 Å². The largest absolute Gasteiger partial charge is 0.392 e. The summed E-state index contributed by atoms with van der Waals surface area (Å²) in [6, 6.07) is 5.99. The molecule has 3 heteroatoms. The number of aliphatic hydroxyl groups is 1. The van der Waals surface area contributed by atoms with Crippen LogP contribution < -0.4 is 0 Å². The highest BCUT2D eigenvalue weighted by Crippen LogP contribution is 2.04. The number of aryl methyl sites for hydroxylation is 2. The normalized spacial score (nSPS) is 10.5. The molecule has 2 rings (SSSR count). The van der Waals surface area contributed by atoms with Crippen molar-refractivity contribution < 1.29 is 5.11 Å². The summed E-state index contributed by atoms with van der Waals surface area (Å²) >= 11 is 0. The van der Waals surface area contributed by atoms with E-state index >= 15 is 0 Å². The van der Waals surface area contributed by atoms with Crippen LogP contribution in [0.2, 0.25) is 0 Å². The molecule has 0 aliphatic heterocycles. The first-order valence-electron chi connectivity index (χ1n) is 5.03. The van der Waals surface area contributed by atoms with Crippen molar-refractivity contribution in [3.8, 4) is 0 Å². The van der Waals surface area contributed by atoms with Gasteiger partial charge in [0.25, 0.3) is 0 Å². The van der Waals surface area contributed by atoms with E-state index < -0.39 is 0 Å². The van der Waals surface area contributed by atoms with Crippen molar-refractivity contribution in [2.45, 2.75) is 19.6 Å². The molecule has 0 spiro atoms. The van der Waals surface area contributed by atoms with E-state index in [-0.39, 0.29) is 6.61 Å². The number of hydrogen-bond acceptors (Lipinski definition) is 2. The summed E-state index contributed by atoms with van der Waals surface area (Å²) in [6.07, 6.45) is 8.57. The summed E-state index contributed by atoms with van der Waals surface area (Å²) in [6.45, 7) is 1.05. The van der Waals surface area contributed by atoms with E-state index in [9.17, 15) is 0 Å². The highest BCUT2D eigenvalue weighted by Gasteiger charge is 1.96. The third-order valence-corrected chi connectivity index (χ3v) is 2.40. The molecule has 78 valence electrons. The van der Waals surface area contributed by atoms with Gasteiger partial charge in [0.15, 0.2) is 0 Å². The van der Waals surface area contributed by atoms with Gasteiger partial charge in [-0.2, -0.15) is 0 Å². The fourth-order valence-corrected chi connectivity index (χ4v) is 1.53. The van der Waals surface area contributed by atoms with E-state index in [1.54, 1.807) is 0 Å². The fraction of sp³-hybridized carbons (Fsp3) is 0.250. The fourth-order valence-electron chi connectivity index (χ4n) is 1.53. The Labute approximate surface area is 89.0 Å². The van der Waals surface area contributed by atoms with E-state index in [1.165, 1.54) is 5.56 Å². The second-order valence-electron chi connectivity index (χ2n) is 3.52. The van der Waals surface area contributed by atoms with Crippen LogP contribution in [0.15, 0.2) is 43.0 Å². The van der Waals surface area contributed by atoms with Crippen LogP contribution in [-0.2, 0) is 19.6 Å². The molecule has 0 radical (unpaired) electrons. The summed E-state index contributed by atoms with van der Waals surface area (Å²) in [5.41, 5.74) is 2.24. The van der Waals surface area contributed by atoms with Crippen molar-refractivity contribution in [2.75, 3.05) is 0 Å². The Kier molecular flexibility index (Phi) is 3.15. The quantitative estimate of drug-likeness (QED) is 0.818. The molecule has 0 atom stereocenters. The minimum atomic E-state index is 0.113. The minimum Gasteiger partial charge on any atom is -0.392 e. The maximum absolute atomic E-state index is 8.91. The van der Waals surface area contributed by atoms with Crippen LogP contribution in [0.4, 0.5) is 0 Å². The molecule has 3 nitrogen and oxygen atoms in total. The first kappa shape index (κ1) is 9.93. The average molecular weight is 202 g/mol. The molecule has 0 unspecified atom stereocenters. The van der Waals surface area contributed by atoms with Gasteiger partial charge in [-0.15, -0.1) is 0 Å². The Hall–Kier alpha value is -1.61. The lowest BCUT2D eigenvalue weighted by atomic mass is 10.2. The zero-order valence-electron chi connectivity index (χ0n) is 8.50. The predicted molar refractivity (Wildman–Crippen MR) is 58.3 cm³/mol. The van der Waals surface area contributed by atoms with Gasteiger partial charge in [0.2, 0.25) is 0 Å². The predicted octanol–water partition coefficient (Wildman–Crippen LogP) is 1.62. The van der Waals surface area contributed by atoms with Crippen LogP contribution in [0.1, 0.15) is 11.1 Å². The molecule has 0 aliphatic rings. The standard InChI is InChI=1S/C12H14N2O/c15-10-12-4-8-14(9-12)7-3-11-1-5-13-6-2-11/h1-2,4-6,8-9,15H,3,7,10H2. The topological polar surface area (TPSA) is 38.0 Å². The lowest BCUT2D eigenvalue weighted by Crippen LogP contribution is -1.98. The average Bonchev–Trinajstić information content (AvgIpc) is 2.76. The van der Waals surface area contributed by atoms with E-state index in [0.29, 0.717) is 0 Å². The van der Waals surface area contributed by atoms with Gasteiger partial charge in [0, 0.05) is 31.3 Å². The maximum Gasteiger partial charge on any atom is 0.0696 e. The third-order valence-electron chi connectivity index (χ3n) is 2.40. The van der Waals surface area contributed by atoms with E-state index in [2.05, 4.69) is 9.55 Å². The van der Waals surface area contributed by atoms with Crippen LogP contribution in [-0.4, -0.2) is 14.7 Å². The molecule has 1 N–H and O–H groups in total. The summed E-state index contributed by atoms with van der Waals surface area (Å²) in [7, 11) is 0. The summed E-state index contributed by atoms with van der Waals surface area (Å²) < 4.78 is 2.09. The van der Waals surface area contributed by atoms with Crippen LogP contribution >= 0.6 is 0 Å². The van der Waals surface area contributed by atoms with Crippen molar-refractivity contribution in [1.29, 1.82) is 0 Å². The molecule has 2 heterocycles. The Morgan fingerprint density at radius 1 is 1.13 bits per heavy atom. The molecule has 0 fully saturated rings. The van der Waals surface area contributed by atoms with Crippen LogP contribution in [0.25, 0.3) is 0 Å². The zero-order chi connectivity index (χ0) is 10.5. The van der Waals surface area contributed by atoms with Gasteiger partial charge in [-0.25, -0.2) is 0 Å². The van der Waals surface area contributed by atoms with Gasteiger partial charge in [0.05, 0.1) is 6.61 Å². The Morgan fingerprint density at radius 2 is 1.93 bits per heavy atom.